The van der Waals surface area contributed by atoms with Gasteiger partial charge < -0.3 is 9.52 Å². The molecule has 0 amide bonds. The van der Waals surface area contributed by atoms with Crippen LogP contribution in [0.1, 0.15) is 30.7 Å². The number of fused-ring (bicyclic) bond motifs is 1. The Bertz CT molecular complexity index is 924. The Labute approximate surface area is 140 Å². The summed E-state index contributed by atoms with van der Waals surface area (Å²) in [5.41, 5.74) is 3.42. The van der Waals surface area contributed by atoms with E-state index in [4.69, 9.17) is 9.41 Å². The normalized spacial score (nSPS) is 15.7. The molecule has 2 heterocycles. The molecular weight excluding hydrogens is 300 g/mol. The number of hydrogen-bond acceptors (Lipinski definition) is 4. The fourth-order valence-electron chi connectivity index (χ4n) is 3.12. The molecule has 4 heteroatoms. The van der Waals surface area contributed by atoms with Gasteiger partial charge in [-0.05, 0) is 38.0 Å². The number of oxazole rings is 1. The maximum Gasteiger partial charge on any atom is 0.260 e. The van der Waals surface area contributed by atoms with Crippen LogP contribution in [-0.4, -0.2) is 21.3 Å². The second kappa shape index (κ2) is 5.34. The van der Waals surface area contributed by atoms with E-state index in [-0.39, 0.29) is 11.4 Å². The molecule has 0 spiro atoms. The molecule has 3 aromatic rings. The van der Waals surface area contributed by atoms with Crippen molar-refractivity contribution < 1.29 is 9.52 Å². The average Bonchev–Trinajstić information content (AvgIpc) is 2.96. The van der Waals surface area contributed by atoms with Crippen molar-refractivity contribution >= 4 is 5.71 Å². The van der Waals surface area contributed by atoms with E-state index in [1.54, 1.807) is 0 Å². The van der Waals surface area contributed by atoms with Crippen LogP contribution >= 0.6 is 0 Å². The summed E-state index contributed by atoms with van der Waals surface area (Å²) in [6.45, 7) is 4.16. The lowest BCUT2D eigenvalue weighted by molar-refractivity contribution is 0.443. The minimum Gasteiger partial charge on any atom is -0.490 e. The third-order valence-corrected chi connectivity index (χ3v) is 4.16. The first kappa shape index (κ1) is 14.7. The molecule has 24 heavy (non-hydrogen) atoms. The molecule has 0 atom stereocenters. The molecule has 0 aliphatic carbocycles. The Morgan fingerprint density at radius 3 is 2.50 bits per heavy atom. The van der Waals surface area contributed by atoms with Gasteiger partial charge in [-0.3, -0.25) is 4.99 Å². The van der Waals surface area contributed by atoms with Gasteiger partial charge in [-0.1, -0.05) is 42.5 Å². The maximum absolute atomic E-state index is 10.4. The van der Waals surface area contributed by atoms with E-state index in [0.29, 0.717) is 17.4 Å². The second-order valence-corrected chi connectivity index (χ2v) is 6.64. The lowest BCUT2D eigenvalue weighted by Gasteiger charge is -2.28. The van der Waals surface area contributed by atoms with Crippen LogP contribution in [0.3, 0.4) is 0 Å². The quantitative estimate of drug-likeness (QED) is 0.769. The smallest absolute Gasteiger partial charge is 0.260 e. The van der Waals surface area contributed by atoms with Crippen LogP contribution in [0.25, 0.3) is 11.5 Å². The summed E-state index contributed by atoms with van der Waals surface area (Å²) in [5.74, 6) is 0.598. The first-order chi connectivity index (χ1) is 11.5. The van der Waals surface area contributed by atoms with E-state index in [1.807, 2.05) is 48.5 Å². The van der Waals surface area contributed by atoms with Crippen LogP contribution in [0.2, 0.25) is 0 Å². The molecule has 1 aliphatic rings. The number of aliphatic imine (C=N–C) groups is 1. The molecule has 0 saturated carbocycles. The molecule has 1 aromatic heterocycles. The minimum absolute atomic E-state index is 0.125. The standard InChI is InChI=1S/C20H18N2O2/c1-20(2)12-14-10-6-7-11-15(14)16(22-20)17-18(23)21-19(24-17)13-8-4-3-5-9-13/h3-11,23H,12H2,1-2H3. The molecule has 0 fully saturated rings. The number of nitrogens with zero attached hydrogens (tertiary/aromatic N) is 2. The van der Waals surface area contributed by atoms with Gasteiger partial charge in [0.05, 0.1) is 5.54 Å². The predicted molar refractivity (Wildman–Crippen MR) is 93.5 cm³/mol. The maximum atomic E-state index is 10.4. The SMILES string of the molecule is CC1(C)Cc2ccccc2C(c2oc(-c3ccccc3)nc2O)=N1. The highest BCUT2D eigenvalue weighted by Gasteiger charge is 2.31. The Kier molecular flexibility index (Phi) is 3.27. The summed E-state index contributed by atoms with van der Waals surface area (Å²) in [6, 6.07) is 17.6. The van der Waals surface area contributed by atoms with Crippen LogP contribution in [0.15, 0.2) is 64.0 Å². The Balaban J connectivity index is 1.87. The third kappa shape index (κ3) is 2.50. The van der Waals surface area contributed by atoms with Gasteiger partial charge in [0.25, 0.3) is 5.88 Å². The fourth-order valence-corrected chi connectivity index (χ4v) is 3.12. The van der Waals surface area contributed by atoms with Gasteiger partial charge in [0, 0.05) is 11.1 Å². The van der Waals surface area contributed by atoms with Crippen LogP contribution in [0.5, 0.6) is 5.88 Å². The molecule has 0 bridgehead atoms. The minimum atomic E-state index is -0.254. The summed E-state index contributed by atoms with van der Waals surface area (Å²) >= 11 is 0. The summed E-state index contributed by atoms with van der Waals surface area (Å²) in [6.07, 6.45) is 0.854. The van der Waals surface area contributed by atoms with Gasteiger partial charge >= 0.3 is 0 Å². The van der Waals surface area contributed by atoms with Crippen LogP contribution in [0, 0.1) is 0 Å². The van der Waals surface area contributed by atoms with Crippen LogP contribution < -0.4 is 0 Å². The first-order valence-corrected chi connectivity index (χ1v) is 7.97. The molecule has 2 aromatic carbocycles. The van der Waals surface area contributed by atoms with E-state index in [1.165, 1.54) is 5.56 Å². The molecular formula is C20H18N2O2. The number of aromatic hydroxyl groups is 1. The van der Waals surface area contributed by atoms with Crippen molar-refractivity contribution in [1.29, 1.82) is 0 Å². The molecule has 0 radical (unpaired) electrons. The van der Waals surface area contributed by atoms with E-state index in [0.717, 1.165) is 17.5 Å². The van der Waals surface area contributed by atoms with Gasteiger partial charge in [0.15, 0.2) is 0 Å². The van der Waals surface area contributed by atoms with E-state index in [9.17, 15) is 5.11 Å². The van der Waals surface area contributed by atoms with Crippen molar-refractivity contribution in [3.8, 4) is 17.3 Å². The number of aromatic nitrogens is 1. The van der Waals surface area contributed by atoms with Gasteiger partial charge in [0.1, 0.15) is 5.71 Å². The summed E-state index contributed by atoms with van der Waals surface area (Å²) < 4.78 is 5.90. The van der Waals surface area contributed by atoms with Gasteiger partial charge in [-0.2, -0.15) is 4.98 Å². The van der Waals surface area contributed by atoms with Gasteiger partial charge in [-0.25, -0.2) is 0 Å². The Morgan fingerprint density at radius 1 is 1.00 bits per heavy atom. The zero-order chi connectivity index (χ0) is 16.7. The second-order valence-electron chi connectivity index (χ2n) is 6.64. The zero-order valence-corrected chi connectivity index (χ0v) is 13.7. The van der Waals surface area contributed by atoms with Crippen molar-refractivity contribution in [2.75, 3.05) is 0 Å². The monoisotopic (exact) mass is 318 g/mol. The van der Waals surface area contributed by atoms with E-state index >= 15 is 0 Å². The first-order valence-electron chi connectivity index (χ1n) is 7.97. The van der Waals surface area contributed by atoms with Crippen molar-refractivity contribution in [2.45, 2.75) is 25.8 Å². The topological polar surface area (TPSA) is 58.6 Å². The Hall–Kier alpha value is -2.88. The van der Waals surface area contributed by atoms with Crippen molar-refractivity contribution in [3.05, 3.63) is 71.5 Å². The summed E-state index contributed by atoms with van der Waals surface area (Å²) in [7, 11) is 0. The van der Waals surface area contributed by atoms with Crippen molar-refractivity contribution in [2.24, 2.45) is 4.99 Å². The highest BCUT2D eigenvalue weighted by molar-refractivity contribution is 6.14. The lowest BCUT2D eigenvalue weighted by atomic mass is 9.86. The number of benzene rings is 2. The Morgan fingerprint density at radius 2 is 1.71 bits per heavy atom. The van der Waals surface area contributed by atoms with Gasteiger partial charge in [-0.15, -0.1) is 0 Å². The fraction of sp³-hybridized carbons (Fsp3) is 0.200. The van der Waals surface area contributed by atoms with Crippen molar-refractivity contribution in [1.82, 2.24) is 4.98 Å². The summed E-state index contributed by atoms with van der Waals surface area (Å²) in [5, 5.41) is 10.4. The highest BCUT2D eigenvalue weighted by atomic mass is 16.4. The van der Waals surface area contributed by atoms with Gasteiger partial charge in [0.2, 0.25) is 11.7 Å². The molecule has 4 nitrogen and oxygen atoms in total. The molecule has 1 N–H and O–H groups in total. The zero-order valence-electron chi connectivity index (χ0n) is 13.7. The van der Waals surface area contributed by atoms with E-state index in [2.05, 4.69) is 24.9 Å². The van der Waals surface area contributed by atoms with Crippen LogP contribution in [0.4, 0.5) is 0 Å². The highest BCUT2D eigenvalue weighted by Crippen LogP contribution is 2.34. The summed E-state index contributed by atoms with van der Waals surface area (Å²) in [4.78, 5) is 9.00. The molecule has 4 rings (SSSR count). The predicted octanol–water partition coefficient (Wildman–Crippen LogP) is 4.22. The average molecular weight is 318 g/mol. The molecule has 1 aliphatic heterocycles. The largest absolute Gasteiger partial charge is 0.490 e. The lowest BCUT2D eigenvalue weighted by Crippen LogP contribution is -2.29. The van der Waals surface area contributed by atoms with Crippen molar-refractivity contribution in [3.63, 3.8) is 0 Å². The third-order valence-electron chi connectivity index (χ3n) is 4.16. The van der Waals surface area contributed by atoms with E-state index < -0.39 is 0 Å². The number of hydrogen-bond donors (Lipinski definition) is 1. The van der Waals surface area contributed by atoms with Crippen LogP contribution in [-0.2, 0) is 6.42 Å². The molecule has 120 valence electrons. The molecule has 0 saturated heterocycles. The molecule has 0 unspecified atom stereocenters. The number of rotatable bonds is 2.